The Morgan fingerprint density at radius 1 is 1.12 bits per heavy atom. The predicted molar refractivity (Wildman–Crippen MR) is 105 cm³/mol. The second-order valence-electron chi connectivity index (χ2n) is 5.45. The molecule has 0 aliphatic rings. The van der Waals surface area contributed by atoms with Gasteiger partial charge in [-0.3, -0.25) is 4.79 Å². The lowest BCUT2D eigenvalue weighted by atomic mass is 10.2. The molecule has 0 aliphatic carbocycles. The molecule has 0 fully saturated rings. The molecular weight excluding hydrogens is 350 g/mol. The van der Waals surface area contributed by atoms with Gasteiger partial charge < -0.3 is 15.4 Å². The van der Waals surface area contributed by atoms with Crippen LogP contribution in [0.4, 0.5) is 17.2 Å². The molecule has 0 spiro atoms. The van der Waals surface area contributed by atoms with Gasteiger partial charge in [-0.25, -0.2) is 4.98 Å². The fourth-order valence-corrected chi connectivity index (χ4v) is 2.55. The van der Waals surface area contributed by atoms with Crippen molar-refractivity contribution in [2.75, 3.05) is 17.2 Å². The Balaban J connectivity index is 1.69. The highest BCUT2D eigenvalue weighted by Gasteiger charge is 2.10. The van der Waals surface area contributed by atoms with Crippen molar-refractivity contribution < 1.29 is 9.53 Å². The topological polar surface area (TPSA) is 63.2 Å². The summed E-state index contributed by atoms with van der Waals surface area (Å²) < 4.78 is 5.52. The van der Waals surface area contributed by atoms with Gasteiger partial charge in [-0.15, -0.1) is 0 Å². The number of carbonyl (C=O) groups excluding carboxylic acids is 1. The number of rotatable bonds is 6. The maximum Gasteiger partial charge on any atom is 0.257 e. The van der Waals surface area contributed by atoms with E-state index >= 15 is 0 Å². The molecule has 5 nitrogen and oxygen atoms in total. The minimum Gasteiger partial charge on any atom is -0.492 e. The van der Waals surface area contributed by atoms with Gasteiger partial charge in [0.1, 0.15) is 11.6 Å². The van der Waals surface area contributed by atoms with Gasteiger partial charge in [-0.1, -0.05) is 29.8 Å². The van der Waals surface area contributed by atoms with Crippen LogP contribution >= 0.6 is 11.6 Å². The van der Waals surface area contributed by atoms with Gasteiger partial charge in [0, 0.05) is 16.9 Å². The Morgan fingerprint density at radius 2 is 1.96 bits per heavy atom. The van der Waals surface area contributed by atoms with Gasteiger partial charge in [0.05, 0.1) is 17.9 Å². The van der Waals surface area contributed by atoms with Gasteiger partial charge in [-0.05, 0) is 49.4 Å². The van der Waals surface area contributed by atoms with Crippen molar-refractivity contribution >= 4 is 34.7 Å². The van der Waals surface area contributed by atoms with E-state index in [0.29, 0.717) is 34.4 Å². The van der Waals surface area contributed by atoms with Crippen LogP contribution in [0.25, 0.3) is 0 Å². The summed E-state index contributed by atoms with van der Waals surface area (Å²) in [5, 5.41) is 6.62. The fourth-order valence-electron chi connectivity index (χ4n) is 2.36. The van der Waals surface area contributed by atoms with Crippen molar-refractivity contribution in [3.8, 4) is 5.75 Å². The average molecular weight is 368 g/mol. The molecule has 26 heavy (non-hydrogen) atoms. The minimum atomic E-state index is -0.251. The lowest BCUT2D eigenvalue weighted by Gasteiger charge is -2.11. The van der Waals surface area contributed by atoms with Crippen molar-refractivity contribution in [3.63, 3.8) is 0 Å². The number of amides is 1. The van der Waals surface area contributed by atoms with Crippen molar-refractivity contribution in [2.24, 2.45) is 0 Å². The third-order valence-corrected chi connectivity index (χ3v) is 3.79. The molecule has 0 radical (unpaired) electrons. The van der Waals surface area contributed by atoms with Crippen molar-refractivity contribution in [1.29, 1.82) is 0 Å². The van der Waals surface area contributed by atoms with Crippen LogP contribution in [-0.2, 0) is 0 Å². The maximum atomic E-state index is 12.4. The van der Waals surface area contributed by atoms with Gasteiger partial charge in [0.15, 0.2) is 0 Å². The Kier molecular flexibility index (Phi) is 5.71. The van der Waals surface area contributed by atoms with E-state index < -0.39 is 0 Å². The van der Waals surface area contributed by atoms with E-state index in [4.69, 9.17) is 16.3 Å². The molecule has 0 unspecified atom stereocenters. The molecular formula is C20H18ClN3O2. The van der Waals surface area contributed by atoms with Crippen LogP contribution in [0.2, 0.25) is 5.02 Å². The summed E-state index contributed by atoms with van der Waals surface area (Å²) in [6.07, 6.45) is 1.52. The first-order valence-electron chi connectivity index (χ1n) is 8.17. The number of benzene rings is 2. The van der Waals surface area contributed by atoms with E-state index in [1.807, 2.05) is 37.3 Å². The van der Waals surface area contributed by atoms with Crippen LogP contribution in [0.1, 0.15) is 17.3 Å². The number of aromatic nitrogens is 1. The number of nitrogens with zero attached hydrogens (tertiary/aromatic N) is 1. The van der Waals surface area contributed by atoms with E-state index in [9.17, 15) is 4.79 Å². The SMILES string of the molecule is CCOc1ccccc1NC(=O)c1ccc(Nc2cccc(Cl)c2)nc1. The van der Waals surface area contributed by atoms with E-state index in [1.54, 1.807) is 30.3 Å². The fraction of sp³-hybridized carbons (Fsp3) is 0.100. The van der Waals surface area contributed by atoms with Crippen LogP contribution in [0.15, 0.2) is 66.9 Å². The Bertz CT molecular complexity index is 898. The third-order valence-electron chi connectivity index (χ3n) is 3.56. The monoisotopic (exact) mass is 367 g/mol. The summed E-state index contributed by atoms with van der Waals surface area (Å²) in [7, 11) is 0. The third kappa shape index (κ3) is 4.52. The highest BCUT2D eigenvalue weighted by atomic mass is 35.5. The van der Waals surface area contributed by atoms with Gasteiger partial charge in [0.25, 0.3) is 5.91 Å². The van der Waals surface area contributed by atoms with E-state index in [1.165, 1.54) is 6.20 Å². The average Bonchev–Trinajstić information content (AvgIpc) is 2.64. The van der Waals surface area contributed by atoms with Crippen LogP contribution in [0, 0.1) is 0 Å². The standard InChI is InChI=1S/C20H18ClN3O2/c1-2-26-18-9-4-3-8-17(18)24-20(25)14-10-11-19(22-13-14)23-16-7-5-6-15(21)12-16/h3-13H,2H2,1H3,(H,22,23)(H,24,25). The second-order valence-corrected chi connectivity index (χ2v) is 5.89. The second kappa shape index (κ2) is 8.36. The maximum absolute atomic E-state index is 12.4. The molecule has 3 rings (SSSR count). The summed E-state index contributed by atoms with van der Waals surface area (Å²) >= 11 is 5.97. The molecule has 132 valence electrons. The summed E-state index contributed by atoms with van der Waals surface area (Å²) in [6.45, 7) is 2.42. The van der Waals surface area contributed by atoms with Crippen LogP contribution < -0.4 is 15.4 Å². The number of nitrogens with one attached hydrogen (secondary N) is 2. The molecule has 1 heterocycles. The number of anilines is 3. The number of hydrogen-bond donors (Lipinski definition) is 2. The quantitative estimate of drug-likeness (QED) is 0.634. The number of ether oxygens (including phenoxy) is 1. The molecule has 6 heteroatoms. The number of pyridine rings is 1. The molecule has 3 aromatic rings. The zero-order valence-corrected chi connectivity index (χ0v) is 15.0. The number of carbonyl (C=O) groups is 1. The summed E-state index contributed by atoms with van der Waals surface area (Å²) in [5.41, 5.74) is 1.90. The number of halogens is 1. The lowest BCUT2D eigenvalue weighted by Crippen LogP contribution is -2.13. The minimum absolute atomic E-state index is 0.251. The van der Waals surface area contributed by atoms with Crippen LogP contribution in [0.5, 0.6) is 5.75 Å². The van der Waals surface area contributed by atoms with Crippen molar-refractivity contribution in [3.05, 3.63) is 77.4 Å². The smallest absolute Gasteiger partial charge is 0.257 e. The predicted octanol–water partition coefficient (Wildman–Crippen LogP) is 5.13. The van der Waals surface area contributed by atoms with E-state index in [2.05, 4.69) is 15.6 Å². The molecule has 1 amide bonds. The molecule has 0 atom stereocenters. The summed E-state index contributed by atoms with van der Waals surface area (Å²) in [6, 6.07) is 18.1. The van der Waals surface area contributed by atoms with Gasteiger partial charge in [0.2, 0.25) is 0 Å². The molecule has 0 bridgehead atoms. The summed E-state index contributed by atoms with van der Waals surface area (Å²) in [4.78, 5) is 16.7. The molecule has 0 saturated carbocycles. The van der Waals surface area contributed by atoms with Gasteiger partial charge >= 0.3 is 0 Å². The molecule has 0 saturated heterocycles. The van der Waals surface area contributed by atoms with Crippen LogP contribution in [0.3, 0.4) is 0 Å². The van der Waals surface area contributed by atoms with Crippen LogP contribution in [-0.4, -0.2) is 17.5 Å². The highest BCUT2D eigenvalue weighted by Crippen LogP contribution is 2.24. The van der Waals surface area contributed by atoms with E-state index in [-0.39, 0.29) is 5.91 Å². The molecule has 2 aromatic carbocycles. The number of para-hydroxylation sites is 2. The zero-order valence-electron chi connectivity index (χ0n) is 14.2. The molecule has 2 N–H and O–H groups in total. The first kappa shape index (κ1) is 17.8. The molecule has 0 aliphatic heterocycles. The first-order chi connectivity index (χ1) is 12.7. The molecule has 1 aromatic heterocycles. The van der Waals surface area contributed by atoms with Crippen molar-refractivity contribution in [2.45, 2.75) is 6.92 Å². The van der Waals surface area contributed by atoms with Gasteiger partial charge in [-0.2, -0.15) is 0 Å². The first-order valence-corrected chi connectivity index (χ1v) is 8.55. The Labute approximate surface area is 157 Å². The zero-order chi connectivity index (χ0) is 18.4. The number of hydrogen-bond acceptors (Lipinski definition) is 4. The van der Waals surface area contributed by atoms with E-state index in [0.717, 1.165) is 5.69 Å². The Morgan fingerprint density at radius 3 is 2.69 bits per heavy atom. The lowest BCUT2D eigenvalue weighted by molar-refractivity contribution is 0.102. The normalized spacial score (nSPS) is 10.2. The largest absolute Gasteiger partial charge is 0.492 e. The highest BCUT2D eigenvalue weighted by molar-refractivity contribution is 6.30. The summed E-state index contributed by atoms with van der Waals surface area (Å²) in [5.74, 6) is 1.01. The Hall–Kier alpha value is -3.05. The van der Waals surface area contributed by atoms with Crippen molar-refractivity contribution in [1.82, 2.24) is 4.98 Å².